The Morgan fingerprint density at radius 1 is 1.31 bits per heavy atom. The molecular weight excluding hydrogens is 348 g/mol. The summed E-state index contributed by atoms with van der Waals surface area (Å²) in [6.07, 6.45) is 4.12. The minimum absolute atomic E-state index is 0.363. The largest absolute Gasteiger partial charge is 0.357 e. The van der Waals surface area contributed by atoms with Crippen molar-refractivity contribution in [1.29, 1.82) is 0 Å². The summed E-state index contributed by atoms with van der Waals surface area (Å²) < 4.78 is 0. The zero-order chi connectivity index (χ0) is 18.4. The first-order valence-corrected chi connectivity index (χ1v) is 10.2. The molecule has 0 amide bonds. The van der Waals surface area contributed by atoms with Crippen LogP contribution >= 0.6 is 11.6 Å². The third-order valence-corrected chi connectivity index (χ3v) is 5.53. The maximum absolute atomic E-state index is 6.29. The number of nitrogens with zero attached hydrogens (tertiary/aromatic N) is 4. The topological polar surface area (TPSA) is 55.8 Å². The second kappa shape index (κ2) is 9.42. The van der Waals surface area contributed by atoms with E-state index in [1.807, 2.05) is 12.1 Å². The zero-order valence-electron chi connectivity index (χ0n) is 15.9. The number of aromatic nitrogens is 1. The lowest BCUT2D eigenvalue weighted by molar-refractivity contribution is 0.343. The van der Waals surface area contributed by atoms with Gasteiger partial charge in [0, 0.05) is 45.0 Å². The summed E-state index contributed by atoms with van der Waals surface area (Å²) in [5.41, 5.74) is 0. The van der Waals surface area contributed by atoms with Crippen molar-refractivity contribution in [3.63, 3.8) is 0 Å². The van der Waals surface area contributed by atoms with Gasteiger partial charge in [-0.05, 0) is 50.9 Å². The number of anilines is 1. The van der Waals surface area contributed by atoms with Gasteiger partial charge in [0.25, 0.3) is 0 Å². The number of nitrogens with one attached hydrogen (secondary N) is 2. The number of rotatable bonds is 6. The average molecular weight is 379 g/mol. The van der Waals surface area contributed by atoms with Crippen LogP contribution in [0.15, 0.2) is 23.3 Å². The van der Waals surface area contributed by atoms with E-state index in [0.717, 1.165) is 55.9 Å². The average Bonchev–Trinajstić information content (AvgIpc) is 3.29. The molecule has 3 rings (SSSR count). The molecule has 0 aliphatic carbocycles. The Balaban J connectivity index is 1.53. The highest BCUT2D eigenvalue weighted by Crippen LogP contribution is 2.25. The van der Waals surface area contributed by atoms with Gasteiger partial charge in [0.05, 0.1) is 5.02 Å². The van der Waals surface area contributed by atoms with E-state index >= 15 is 0 Å². The minimum atomic E-state index is 0.363. The Labute approximate surface area is 162 Å². The molecule has 0 bridgehead atoms. The van der Waals surface area contributed by atoms with Gasteiger partial charge < -0.3 is 20.4 Å². The lowest BCUT2D eigenvalue weighted by Gasteiger charge is -2.20. The van der Waals surface area contributed by atoms with Gasteiger partial charge in [0.2, 0.25) is 0 Å². The molecule has 7 heteroatoms. The zero-order valence-corrected chi connectivity index (χ0v) is 16.7. The first-order valence-electron chi connectivity index (χ1n) is 9.82. The van der Waals surface area contributed by atoms with Gasteiger partial charge in [0.15, 0.2) is 5.96 Å². The quantitative estimate of drug-likeness (QED) is 0.587. The number of halogens is 1. The van der Waals surface area contributed by atoms with Gasteiger partial charge in [-0.1, -0.05) is 18.5 Å². The molecule has 2 saturated heterocycles. The molecule has 0 saturated carbocycles. The van der Waals surface area contributed by atoms with E-state index in [1.54, 1.807) is 6.20 Å². The molecule has 0 aromatic carbocycles. The molecule has 2 aliphatic rings. The molecule has 144 valence electrons. The first-order chi connectivity index (χ1) is 12.7. The fraction of sp³-hybridized carbons (Fsp3) is 0.684. The monoisotopic (exact) mass is 378 g/mol. The Morgan fingerprint density at radius 2 is 2.19 bits per heavy atom. The lowest BCUT2D eigenvalue weighted by Crippen LogP contribution is -2.45. The summed E-state index contributed by atoms with van der Waals surface area (Å²) in [4.78, 5) is 14.0. The molecule has 1 aromatic rings. The van der Waals surface area contributed by atoms with Crippen LogP contribution in [0.4, 0.5) is 5.82 Å². The fourth-order valence-electron chi connectivity index (χ4n) is 3.76. The number of aliphatic imine (C=N–C) groups is 1. The maximum atomic E-state index is 6.29. The van der Waals surface area contributed by atoms with Gasteiger partial charge in [-0.2, -0.15) is 0 Å². The summed E-state index contributed by atoms with van der Waals surface area (Å²) >= 11 is 6.29. The van der Waals surface area contributed by atoms with Crippen LogP contribution < -0.4 is 15.5 Å². The van der Waals surface area contributed by atoms with Crippen molar-refractivity contribution in [2.24, 2.45) is 10.9 Å². The highest BCUT2D eigenvalue weighted by molar-refractivity contribution is 6.32. The van der Waals surface area contributed by atoms with E-state index in [2.05, 4.69) is 39.3 Å². The number of hydrogen-bond donors (Lipinski definition) is 2. The summed E-state index contributed by atoms with van der Waals surface area (Å²) in [5, 5.41) is 7.71. The summed E-state index contributed by atoms with van der Waals surface area (Å²) in [6.45, 7) is 11.5. The van der Waals surface area contributed by atoms with Crippen molar-refractivity contribution in [3.8, 4) is 0 Å². The second-order valence-corrected chi connectivity index (χ2v) is 7.56. The molecule has 6 nitrogen and oxygen atoms in total. The van der Waals surface area contributed by atoms with Crippen LogP contribution in [0.1, 0.15) is 26.7 Å². The number of hydrogen-bond acceptors (Lipinski definition) is 4. The summed E-state index contributed by atoms with van der Waals surface area (Å²) in [6, 6.07) is 4.13. The lowest BCUT2D eigenvalue weighted by atomic mass is 10.1. The van der Waals surface area contributed by atoms with Gasteiger partial charge in [0.1, 0.15) is 5.82 Å². The predicted octanol–water partition coefficient (Wildman–Crippen LogP) is 2.21. The molecule has 2 aliphatic heterocycles. The molecule has 0 radical (unpaired) electrons. The van der Waals surface area contributed by atoms with Crippen molar-refractivity contribution < 1.29 is 0 Å². The number of guanidine groups is 1. The molecule has 2 fully saturated rings. The van der Waals surface area contributed by atoms with E-state index < -0.39 is 0 Å². The fourth-order valence-corrected chi connectivity index (χ4v) is 4.00. The van der Waals surface area contributed by atoms with E-state index in [4.69, 9.17) is 16.6 Å². The van der Waals surface area contributed by atoms with Crippen molar-refractivity contribution in [2.75, 3.05) is 50.7 Å². The summed E-state index contributed by atoms with van der Waals surface area (Å²) in [5.74, 6) is 2.49. The number of pyridine rings is 1. The standard InChI is InChI=1S/C19H31ClN6/c1-3-21-19(23-12-15-7-10-25(4-2)13-15)24-16-8-11-26(14-16)18-17(20)6-5-9-22-18/h5-6,9,15-16H,3-4,7-8,10-14H2,1-2H3,(H2,21,23,24). The van der Waals surface area contributed by atoms with Gasteiger partial charge in [-0.3, -0.25) is 4.99 Å². The van der Waals surface area contributed by atoms with Gasteiger partial charge >= 0.3 is 0 Å². The first kappa shape index (κ1) is 19.2. The van der Waals surface area contributed by atoms with Crippen LogP contribution in [0, 0.1) is 5.92 Å². The van der Waals surface area contributed by atoms with Crippen LogP contribution in [0.5, 0.6) is 0 Å². The molecular formula is C19H31ClN6. The van der Waals surface area contributed by atoms with E-state index in [1.165, 1.54) is 19.5 Å². The van der Waals surface area contributed by atoms with Gasteiger partial charge in [-0.15, -0.1) is 0 Å². The molecule has 2 unspecified atom stereocenters. The predicted molar refractivity (Wildman–Crippen MR) is 109 cm³/mol. The highest BCUT2D eigenvalue weighted by atomic mass is 35.5. The maximum Gasteiger partial charge on any atom is 0.191 e. The van der Waals surface area contributed by atoms with Crippen LogP contribution in [-0.4, -0.2) is 67.7 Å². The number of likely N-dealkylation sites (tertiary alicyclic amines) is 1. The smallest absolute Gasteiger partial charge is 0.191 e. The third-order valence-electron chi connectivity index (χ3n) is 5.24. The molecule has 26 heavy (non-hydrogen) atoms. The Morgan fingerprint density at radius 3 is 2.92 bits per heavy atom. The van der Waals surface area contributed by atoms with Crippen LogP contribution in [0.3, 0.4) is 0 Å². The summed E-state index contributed by atoms with van der Waals surface area (Å²) in [7, 11) is 0. The Kier molecular flexibility index (Phi) is 6.97. The highest BCUT2D eigenvalue weighted by Gasteiger charge is 2.26. The SMILES string of the molecule is CCNC(=NCC1CCN(CC)C1)NC1CCN(c2ncccc2Cl)C1. The van der Waals surface area contributed by atoms with Crippen molar-refractivity contribution in [1.82, 2.24) is 20.5 Å². The van der Waals surface area contributed by atoms with E-state index in [-0.39, 0.29) is 0 Å². The van der Waals surface area contributed by atoms with Crippen molar-refractivity contribution in [3.05, 3.63) is 23.4 Å². The molecule has 2 atom stereocenters. The normalized spacial score (nSPS) is 24.3. The Bertz CT molecular complexity index is 607. The molecule has 3 heterocycles. The second-order valence-electron chi connectivity index (χ2n) is 7.15. The van der Waals surface area contributed by atoms with Crippen LogP contribution in [0.2, 0.25) is 5.02 Å². The molecule has 0 spiro atoms. The molecule has 1 aromatic heterocycles. The van der Waals surface area contributed by atoms with Crippen LogP contribution in [-0.2, 0) is 0 Å². The molecule has 2 N–H and O–H groups in total. The van der Waals surface area contributed by atoms with Crippen LogP contribution in [0.25, 0.3) is 0 Å². The van der Waals surface area contributed by atoms with Gasteiger partial charge in [-0.25, -0.2) is 4.98 Å². The van der Waals surface area contributed by atoms with Crippen molar-refractivity contribution >= 4 is 23.4 Å². The van der Waals surface area contributed by atoms with E-state index in [9.17, 15) is 0 Å². The van der Waals surface area contributed by atoms with E-state index in [0.29, 0.717) is 12.0 Å². The Hall–Kier alpha value is -1.53. The van der Waals surface area contributed by atoms with Crippen molar-refractivity contribution in [2.45, 2.75) is 32.7 Å². The third kappa shape index (κ3) is 5.01. The minimum Gasteiger partial charge on any atom is -0.357 e.